The van der Waals surface area contributed by atoms with Gasteiger partial charge >= 0.3 is 0 Å². The number of hydrogen-bond donors (Lipinski definition) is 1. The predicted octanol–water partition coefficient (Wildman–Crippen LogP) is 4.57. The highest BCUT2D eigenvalue weighted by atomic mass is 32.2. The number of rotatable bonds is 5. The summed E-state index contributed by atoms with van der Waals surface area (Å²) in [5.41, 5.74) is 1.61. The molecular weight excluding hydrogens is 320 g/mol. The molecule has 1 saturated carbocycles. The maximum atomic E-state index is 12.7. The Morgan fingerprint density at radius 3 is 2.54 bits per heavy atom. The van der Waals surface area contributed by atoms with Gasteiger partial charge in [0.15, 0.2) is 5.78 Å². The Balaban J connectivity index is 1.82. The summed E-state index contributed by atoms with van der Waals surface area (Å²) < 4.78 is 0. The number of hydrogen-bond acceptors (Lipinski definition) is 4. The van der Waals surface area contributed by atoms with Crippen LogP contribution < -0.4 is 5.32 Å². The van der Waals surface area contributed by atoms with Crippen LogP contribution in [0.2, 0.25) is 0 Å². The first-order valence-corrected chi connectivity index (χ1v) is 9.06. The lowest BCUT2D eigenvalue weighted by atomic mass is 10.1. The van der Waals surface area contributed by atoms with Gasteiger partial charge in [-0.05, 0) is 44.0 Å². The topological polar surface area (TPSA) is 59.1 Å². The van der Waals surface area contributed by atoms with Gasteiger partial charge in [0.25, 0.3) is 5.91 Å². The summed E-state index contributed by atoms with van der Waals surface area (Å²) >= 11 is 1.69. The van der Waals surface area contributed by atoms with E-state index in [9.17, 15) is 9.59 Å². The third-order valence-corrected chi connectivity index (χ3v) is 5.50. The fourth-order valence-electron chi connectivity index (χ4n) is 2.91. The largest absolute Gasteiger partial charge is 0.321 e. The third-order valence-electron chi connectivity index (χ3n) is 4.15. The molecule has 1 aromatic carbocycles. The van der Waals surface area contributed by atoms with E-state index in [4.69, 9.17) is 0 Å². The number of thioether (sulfide) groups is 1. The molecule has 3 rings (SSSR count). The predicted molar refractivity (Wildman–Crippen MR) is 96.7 cm³/mol. The molecule has 1 heterocycles. The zero-order chi connectivity index (χ0) is 16.9. The van der Waals surface area contributed by atoms with Gasteiger partial charge in [0.05, 0.1) is 11.3 Å². The van der Waals surface area contributed by atoms with Crippen LogP contribution in [-0.2, 0) is 0 Å². The van der Waals surface area contributed by atoms with Crippen LogP contribution in [0.3, 0.4) is 0 Å². The highest BCUT2D eigenvalue weighted by Crippen LogP contribution is 2.35. The fraction of sp³-hybridized carbons (Fsp3) is 0.316. The van der Waals surface area contributed by atoms with Crippen LogP contribution in [0.15, 0.2) is 47.6 Å². The minimum atomic E-state index is -0.225. The molecule has 24 heavy (non-hydrogen) atoms. The quantitative estimate of drug-likeness (QED) is 0.810. The molecule has 1 N–H and O–H groups in total. The van der Waals surface area contributed by atoms with Crippen molar-refractivity contribution in [3.8, 4) is 0 Å². The molecule has 1 fully saturated rings. The molecule has 4 nitrogen and oxygen atoms in total. The van der Waals surface area contributed by atoms with Crippen LogP contribution in [0.5, 0.6) is 0 Å². The molecule has 0 spiro atoms. The number of amides is 1. The van der Waals surface area contributed by atoms with Gasteiger partial charge in [0.1, 0.15) is 5.03 Å². The Hall–Kier alpha value is -2.14. The minimum absolute atomic E-state index is 0.0716. The molecule has 1 aliphatic rings. The van der Waals surface area contributed by atoms with Crippen molar-refractivity contribution in [3.05, 3.63) is 53.7 Å². The average molecular weight is 340 g/mol. The van der Waals surface area contributed by atoms with Crippen LogP contribution in [0.25, 0.3) is 0 Å². The second-order valence-corrected chi connectivity index (χ2v) is 7.23. The number of benzene rings is 1. The first-order valence-electron chi connectivity index (χ1n) is 8.18. The summed E-state index contributed by atoms with van der Waals surface area (Å²) in [6.45, 7) is 1.50. The van der Waals surface area contributed by atoms with Gasteiger partial charge in [0.2, 0.25) is 0 Å². The number of nitrogens with one attached hydrogen (secondary N) is 1. The van der Waals surface area contributed by atoms with Crippen LogP contribution >= 0.6 is 11.8 Å². The van der Waals surface area contributed by atoms with Gasteiger partial charge in [-0.3, -0.25) is 9.59 Å². The van der Waals surface area contributed by atoms with Crippen molar-refractivity contribution in [2.24, 2.45) is 0 Å². The van der Waals surface area contributed by atoms with E-state index in [0.29, 0.717) is 22.1 Å². The maximum Gasteiger partial charge on any atom is 0.258 e. The number of para-hydroxylation sites is 1. The van der Waals surface area contributed by atoms with E-state index >= 15 is 0 Å². The summed E-state index contributed by atoms with van der Waals surface area (Å²) in [5.74, 6) is -0.296. The first kappa shape index (κ1) is 16.7. The Kier molecular flexibility index (Phi) is 5.30. The number of Topliss-reactive ketones (excluding diaryl/α,β-unsaturated/α-hetero) is 1. The molecule has 2 aromatic rings. The molecule has 5 heteroatoms. The molecule has 1 aliphatic carbocycles. The molecule has 0 unspecified atom stereocenters. The Morgan fingerprint density at radius 1 is 1.08 bits per heavy atom. The first-order chi connectivity index (χ1) is 11.6. The number of ketones is 1. The molecule has 0 radical (unpaired) electrons. The summed E-state index contributed by atoms with van der Waals surface area (Å²) in [7, 11) is 0. The van der Waals surface area contributed by atoms with Crippen LogP contribution in [0, 0.1) is 0 Å². The Bertz CT molecular complexity index is 755. The Labute approximate surface area is 146 Å². The van der Waals surface area contributed by atoms with E-state index in [1.807, 2.05) is 0 Å². The summed E-state index contributed by atoms with van der Waals surface area (Å²) in [6, 6.07) is 10.6. The highest BCUT2D eigenvalue weighted by Gasteiger charge is 2.21. The molecule has 0 aliphatic heterocycles. The maximum absolute atomic E-state index is 12.7. The number of anilines is 1. The smallest absolute Gasteiger partial charge is 0.258 e. The number of nitrogens with zero attached hydrogens (tertiary/aromatic N) is 1. The van der Waals surface area contributed by atoms with E-state index in [2.05, 4.69) is 10.3 Å². The molecular formula is C19H20N2O2S. The standard InChI is InChI=1S/C19H20N2O2S/c1-13(22)15-9-4-5-11-17(15)21-18(23)16-10-6-12-20-19(16)24-14-7-2-3-8-14/h4-6,9-12,14H,2-3,7-8H2,1H3,(H,21,23). The number of aromatic nitrogens is 1. The highest BCUT2D eigenvalue weighted by molar-refractivity contribution is 7.99. The van der Waals surface area contributed by atoms with E-state index < -0.39 is 0 Å². The molecule has 0 atom stereocenters. The van der Waals surface area contributed by atoms with E-state index in [0.717, 1.165) is 5.03 Å². The number of carbonyl (C=O) groups is 2. The van der Waals surface area contributed by atoms with Crippen molar-refractivity contribution in [1.29, 1.82) is 0 Å². The molecule has 1 amide bonds. The zero-order valence-electron chi connectivity index (χ0n) is 13.6. The lowest BCUT2D eigenvalue weighted by Crippen LogP contribution is -2.16. The van der Waals surface area contributed by atoms with E-state index in [1.54, 1.807) is 54.4 Å². The lowest BCUT2D eigenvalue weighted by Gasteiger charge is -2.13. The minimum Gasteiger partial charge on any atom is -0.321 e. The summed E-state index contributed by atoms with van der Waals surface area (Å²) in [4.78, 5) is 28.8. The monoisotopic (exact) mass is 340 g/mol. The van der Waals surface area contributed by atoms with Crippen LogP contribution in [-0.4, -0.2) is 21.9 Å². The molecule has 1 aromatic heterocycles. The summed E-state index contributed by atoms with van der Waals surface area (Å²) in [6.07, 6.45) is 6.57. The van der Waals surface area contributed by atoms with E-state index in [1.165, 1.54) is 32.6 Å². The van der Waals surface area contributed by atoms with Gasteiger partial charge in [-0.2, -0.15) is 0 Å². The third kappa shape index (κ3) is 3.85. The second-order valence-electron chi connectivity index (χ2n) is 5.94. The van der Waals surface area contributed by atoms with Crippen LogP contribution in [0.4, 0.5) is 5.69 Å². The lowest BCUT2D eigenvalue weighted by molar-refractivity contribution is 0.101. The van der Waals surface area contributed by atoms with Gasteiger partial charge in [-0.15, -0.1) is 11.8 Å². The normalized spacial score (nSPS) is 14.5. The van der Waals surface area contributed by atoms with Crippen molar-refractivity contribution in [1.82, 2.24) is 4.98 Å². The van der Waals surface area contributed by atoms with Gasteiger partial charge in [-0.25, -0.2) is 4.98 Å². The van der Waals surface area contributed by atoms with Crippen molar-refractivity contribution in [2.45, 2.75) is 42.9 Å². The van der Waals surface area contributed by atoms with Crippen LogP contribution in [0.1, 0.15) is 53.3 Å². The SMILES string of the molecule is CC(=O)c1ccccc1NC(=O)c1cccnc1SC1CCCC1. The van der Waals surface area contributed by atoms with Gasteiger partial charge in [-0.1, -0.05) is 25.0 Å². The van der Waals surface area contributed by atoms with Crippen molar-refractivity contribution >= 4 is 29.1 Å². The molecule has 124 valence electrons. The fourth-order valence-corrected chi connectivity index (χ4v) is 4.20. The zero-order valence-corrected chi connectivity index (χ0v) is 14.4. The van der Waals surface area contributed by atoms with Crippen molar-refractivity contribution in [3.63, 3.8) is 0 Å². The average Bonchev–Trinajstić information content (AvgIpc) is 3.08. The second kappa shape index (κ2) is 7.62. The van der Waals surface area contributed by atoms with Gasteiger partial charge < -0.3 is 5.32 Å². The summed E-state index contributed by atoms with van der Waals surface area (Å²) in [5, 5.41) is 4.16. The molecule has 0 bridgehead atoms. The van der Waals surface area contributed by atoms with Crippen molar-refractivity contribution in [2.75, 3.05) is 5.32 Å². The number of carbonyl (C=O) groups excluding carboxylic acids is 2. The van der Waals surface area contributed by atoms with Gasteiger partial charge in [0, 0.05) is 17.0 Å². The Morgan fingerprint density at radius 2 is 1.79 bits per heavy atom. The van der Waals surface area contributed by atoms with E-state index in [-0.39, 0.29) is 11.7 Å². The molecule has 0 saturated heterocycles. The van der Waals surface area contributed by atoms with Crippen molar-refractivity contribution < 1.29 is 9.59 Å². The number of pyridine rings is 1.